The van der Waals surface area contributed by atoms with Gasteiger partial charge in [0.15, 0.2) is 0 Å². The maximum atomic E-state index is 13.1. The van der Waals surface area contributed by atoms with Gasteiger partial charge in [0.1, 0.15) is 33.5 Å². The maximum absolute atomic E-state index is 13.1. The van der Waals surface area contributed by atoms with Crippen LogP contribution in [0, 0.1) is 16.7 Å². The summed E-state index contributed by atoms with van der Waals surface area (Å²) >= 11 is 1.21. The number of aromatic nitrogens is 1. The van der Waals surface area contributed by atoms with Crippen molar-refractivity contribution >= 4 is 46.3 Å². The topological polar surface area (TPSA) is 109 Å². The van der Waals surface area contributed by atoms with Crippen molar-refractivity contribution in [3.63, 3.8) is 0 Å². The number of benzene rings is 2. The molecule has 2 heterocycles. The fourth-order valence-electron chi connectivity index (χ4n) is 3.69. The summed E-state index contributed by atoms with van der Waals surface area (Å²) in [7, 11) is 0. The van der Waals surface area contributed by atoms with Gasteiger partial charge in [-0.15, -0.1) is 11.3 Å². The lowest BCUT2D eigenvalue weighted by Gasteiger charge is -2.18. The second kappa shape index (κ2) is 10.8. The highest BCUT2D eigenvalue weighted by Gasteiger charge is 2.25. The van der Waals surface area contributed by atoms with E-state index < -0.39 is 5.41 Å². The van der Waals surface area contributed by atoms with Crippen LogP contribution in [-0.4, -0.2) is 23.0 Å². The van der Waals surface area contributed by atoms with Crippen LogP contribution in [0.5, 0.6) is 0 Å². The van der Waals surface area contributed by atoms with Gasteiger partial charge in [0.05, 0.1) is 0 Å². The molecule has 4 rings (SSSR count). The molecule has 1 atom stereocenters. The lowest BCUT2D eigenvalue weighted by molar-refractivity contribution is -0.123. The molecule has 3 aromatic rings. The van der Waals surface area contributed by atoms with E-state index in [0.717, 1.165) is 5.56 Å². The van der Waals surface area contributed by atoms with Crippen molar-refractivity contribution < 1.29 is 9.53 Å². The van der Waals surface area contributed by atoms with E-state index in [2.05, 4.69) is 21.7 Å². The van der Waals surface area contributed by atoms with Crippen LogP contribution in [0.25, 0.3) is 11.8 Å². The largest absolute Gasteiger partial charge is 0.474 e. The first kappa shape index (κ1) is 25.9. The van der Waals surface area contributed by atoms with Crippen LogP contribution in [0.3, 0.4) is 0 Å². The van der Waals surface area contributed by atoms with Gasteiger partial charge in [-0.2, -0.15) is 5.26 Å². The Morgan fingerprint density at radius 3 is 2.62 bits per heavy atom. The number of carbonyl (C=O) groups is 1. The van der Waals surface area contributed by atoms with E-state index in [1.165, 1.54) is 11.3 Å². The van der Waals surface area contributed by atoms with Crippen molar-refractivity contribution in [3.8, 4) is 6.07 Å². The molecule has 0 unspecified atom stereocenters. The second-order valence-corrected chi connectivity index (χ2v) is 10.6. The number of ether oxygens (including phenoxy) is 1. The summed E-state index contributed by atoms with van der Waals surface area (Å²) in [5, 5.41) is 16.0. The number of nitrogens with zero attached hydrogens (tertiary/aromatic N) is 3. The van der Waals surface area contributed by atoms with Gasteiger partial charge in [-0.05, 0) is 30.7 Å². The van der Waals surface area contributed by atoms with Gasteiger partial charge in [0.2, 0.25) is 11.8 Å². The van der Waals surface area contributed by atoms with E-state index >= 15 is 0 Å². The van der Waals surface area contributed by atoms with E-state index in [0.29, 0.717) is 33.7 Å². The third-order valence-corrected chi connectivity index (χ3v) is 6.90. The molecule has 9 heteroatoms. The molecule has 190 valence electrons. The minimum absolute atomic E-state index is 0.0894. The first-order valence-electron chi connectivity index (χ1n) is 12.0. The zero-order valence-corrected chi connectivity index (χ0v) is 22.1. The third-order valence-electron chi connectivity index (χ3n) is 5.77. The zero-order valence-electron chi connectivity index (χ0n) is 21.2. The maximum Gasteiger partial charge on any atom is 0.270 e. The van der Waals surface area contributed by atoms with Gasteiger partial charge >= 0.3 is 0 Å². The first-order chi connectivity index (χ1) is 17.7. The molecule has 0 radical (unpaired) electrons. The molecule has 0 saturated carbocycles. The van der Waals surface area contributed by atoms with Crippen molar-refractivity contribution in [1.82, 2.24) is 4.57 Å². The monoisotopic (exact) mass is 515 g/mol. The van der Waals surface area contributed by atoms with Gasteiger partial charge in [0.25, 0.3) is 5.56 Å². The molecule has 2 aromatic carbocycles. The molecular weight excluding hydrogens is 486 g/mol. The predicted molar refractivity (Wildman–Crippen MR) is 148 cm³/mol. The molecule has 0 bridgehead atoms. The summed E-state index contributed by atoms with van der Waals surface area (Å²) in [4.78, 5) is 30.1. The highest BCUT2D eigenvalue weighted by molar-refractivity contribution is 7.07. The summed E-state index contributed by atoms with van der Waals surface area (Å²) in [6, 6.07) is 19.0. The Morgan fingerprint density at radius 1 is 1.22 bits per heavy atom. The lowest BCUT2D eigenvalue weighted by atomic mass is 9.95. The minimum atomic E-state index is -0.516. The van der Waals surface area contributed by atoms with Crippen LogP contribution in [0.4, 0.5) is 11.4 Å². The van der Waals surface area contributed by atoms with Gasteiger partial charge in [0, 0.05) is 29.5 Å². The molecule has 0 aliphatic carbocycles. The molecule has 1 aromatic heterocycles. The average molecular weight is 516 g/mol. The normalized spacial score (nSPS) is 16.5. The van der Waals surface area contributed by atoms with Crippen LogP contribution in [-0.2, 0) is 16.1 Å². The van der Waals surface area contributed by atoms with E-state index in [4.69, 9.17) is 4.74 Å². The number of nitriles is 1. The van der Waals surface area contributed by atoms with Crippen molar-refractivity contribution in [1.29, 1.82) is 5.26 Å². The number of carbonyl (C=O) groups excluding carboxylic acids is 1. The average Bonchev–Trinajstić information content (AvgIpc) is 3.48. The number of rotatable bonds is 6. The smallest absolute Gasteiger partial charge is 0.270 e. The molecule has 8 nitrogen and oxygen atoms in total. The van der Waals surface area contributed by atoms with Gasteiger partial charge in [-0.25, -0.2) is 4.99 Å². The fourth-order valence-corrected chi connectivity index (χ4v) is 4.77. The Bertz CT molecular complexity index is 1560. The fraction of sp³-hybridized carbons (Fsp3) is 0.286. The van der Waals surface area contributed by atoms with Crippen LogP contribution < -0.4 is 25.4 Å². The molecule has 0 fully saturated rings. The van der Waals surface area contributed by atoms with Gasteiger partial charge in [-0.3, -0.25) is 14.2 Å². The van der Waals surface area contributed by atoms with Gasteiger partial charge < -0.3 is 15.4 Å². The quantitative estimate of drug-likeness (QED) is 0.521. The molecule has 0 saturated heterocycles. The summed E-state index contributed by atoms with van der Waals surface area (Å²) in [5.74, 6) is 0.162. The highest BCUT2D eigenvalue weighted by atomic mass is 32.1. The number of hydrogen-bond donors (Lipinski definition) is 2. The Labute approximate surface area is 219 Å². The van der Waals surface area contributed by atoms with Crippen LogP contribution in [0.1, 0.15) is 39.3 Å². The molecule has 1 aliphatic heterocycles. The standard InChI is InChI=1S/C28H29N5O3S/c1-5-33-25(34)23(16-30-19-12-9-13-20(14-19)31-27(35)28(2,3)4)37-26(33)21(15-29)24-32-22(17-36-24)18-10-7-6-8-11-18/h6-14,16,22,30H,5,17H2,1-4H3,(H,31,35)/b23-16+,26-21-/t22-/m0/s1. The number of thiazole rings is 1. The predicted octanol–water partition coefficient (Wildman–Crippen LogP) is 3.61. The SMILES string of the molecule is CCn1c(=O)/c(=C\Nc2cccc(NC(=O)C(C)(C)C)c2)s/c1=C(/C#N)C1=N[C@H](c2ccccc2)CO1. The number of nitrogens with one attached hydrogen (secondary N) is 2. The van der Waals surface area contributed by atoms with E-state index in [-0.39, 0.29) is 29.0 Å². The Balaban J connectivity index is 1.67. The van der Waals surface area contributed by atoms with Crippen molar-refractivity contribution in [2.24, 2.45) is 10.4 Å². The minimum Gasteiger partial charge on any atom is -0.474 e. The number of aliphatic imine (C=N–C) groups is 1. The highest BCUT2D eigenvalue weighted by Crippen LogP contribution is 2.25. The first-order valence-corrected chi connectivity index (χ1v) is 12.8. The van der Waals surface area contributed by atoms with Gasteiger partial charge in [-0.1, -0.05) is 57.2 Å². The zero-order chi connectivity index (χ0) is 26.6. The molecule has 1 aliphatic rings. The van der Waals surface area contributed by atoms with Crippen LogP contribution >= 0.6 is 11.3 Å². The second-order valence-electron chi connectivity index (χ2n) is 9.55. The number of anilines is 2. The van der Waals surface area contributed by atoms with Crippen LogP contribution in [0.2, 0.25) is 0 Å². The van der Waals surface area contributed by atoms with E-state index in [1.807, 2.05) is 70.2 Å². The molecular formula is C28H29N5O3S. The van der Waals surface area contributed by atoms with Crippen LogP contribution in [0.15, 0.2) is 64.4 Å². The van der Waals surface area contributed by atoms with Crippen molar-refractivity contribution in [2.45, 2.75) is 40.3 Å². The molecule has 1 amide bonds. The van der Waals surface area contributed by atoms with E-state index in [9.17, 15) is 14.9 Å². The number of hydrogen-bond acceptors (Lipinski definition) is 7. The van der Waals surface area contributed by atoms with Crippen molar-refractivity contribution in [2.75, 3.05) is 17.2 Å². The third kappa shape index (κ3) is 5.81. The molecule has 0 spiro atoms. The van der Waals surface area contributed by atoms with Crippen molar-refractivity contribution in [3.05, 3.63) is 79.7 Å². The summed E-state index contributed by atoms with van der Waals surface area (Å²) in [6.07, 6.45) is 1.62. The molecule has 2 N–H and O–H groups in total. The summed E-state index contributed by atoms with van der Waals surface area (Å²) < 4.78 is 8.29. The number of amides is 1. The Kier molecular flexibility index (Phi) is 7.60. The molecule has 37 heavy (non-hydrogen) atoms. The summed E-state index contributed by atoms with van der Waals surface area (Å²) in [6.45, 7) is 8.14. The summed E-state index contributed by atoms with van der Waals surface area (Å²) in [5.41, 5.74) is 1.89. The lowest BCUT2D eigenvalue weighted by Crippen LogP contribution is -2.32. The van der Waals surface area contributed by atoms with E-state index in [1.54, 1.807) is 22.9 Å². The Hall–Kier alpha value is -4.16. The Morgan fingerprint density at radius 2 is 1.95 bits per heavy atom.